The van der Waals surface area contributed by atoms with Crippen LogP contribution in [0.1, 0.15) is 62.5 Å². The number of hydrogen-bond acceptors (Lipinski definition) is 9. The molecule has 0 unspecified atom stereocenters. The minimum absolute atomic E-state index is 0.0734. The number of phenolic OH excluding ortho intramolecular Hbond substituents is 1. The van der Waals surface area contributed by atoms with E-state index in [-0.39, 0.29) is 48.4 Å². The van der Waals surface area contributed by atoms with Crippen LogP contribution in [0.4, 0.5) is 20.3 Å². The third-order valence-electron chi connectivity index (χ3n) is 10.5. The zero-order valence-electron chi connectivity index (χ0n) is 27.3. The molecule has 13 heteroatoms. The molecule has 2 saturated heterocycles. The predicted octanol–water partition coefficient (Wildman–Crippen LogP) is 5.14. The van der Waals surface area contributed by atoms with Crippen molar-refractivity contribution in [3.05, 3.63) is 72.6 Å². The van der Waals surface area contributed by atoms with Gasteiger partial charge in [0.25, 0.3) is 5.92 Å². The molecule has 2 atom stereocenters. The fraction of sp³-hybridized carbons (Fsp3) is 0.417. The molecule has 3 fully saturated rings. The number of nitrogens with two attached hydrogens (primary N) is 1. The number of halogens is 2. The molecule has 3 aliphatic rings. The first-order valence-electron chi connectivity index (χ1n) is 16.8. The summed E-state index contributed by atoms with van der Waals surface area (Å²) in [5.74, 6) is -4.11. The van der Waals surface area contributed by atoms with Crippen LogP contribution in [-0.4, -0.2) is 79.9 Å². The first kappa shape index (κ1) is 32.6. The highest BCUT2D eigenvalue weighted by Crippen LogP contribution is 2.44. The SMILES string of the molecule is CN(c1cccc([C@@H]2CCN(C3CCC(n4cc(-c5cc(-c6ccccc6O)nnc5N)cn4)CC3)CC2(F)F)c1)[C@@H]1CCC(=O)NC1=O. The summed E-state index contributed by atoms with van der Waals surface area (Å²) in [6.07, 6.45) is 7.90. The second-order valence-electron chi connectivity index (χ2n) is 13.5. The van der Waals surface area contributed by atoms with Crippen molar-refractivity contribution in [2.45, 2.75) is 74.9 Å². The maximum Gasteiger partial charge on any atom is 0.267 e. The van der Waals surface area contributed by atoms with E-state index in [1.165, 1.54) is 0 Å². The number of hydrogen-bond donors (Lipinski definition) is 3. The maximum atomic E-state index is 15.8. The summed E-state index contributed by atoms with van der Waals surface area (Å²) in [4.78, 5) is 27.7. The average molecular weight is 671 g/mol. The Balaban J connectivity index is 0.974. The van der Waals surface area contributed by atoms with Gasteiger partial charge in [-0.1, -0.05) is 24.3 Å². The van der Waals surface area contributed by atoms with Gasteiger partial charge in [0.15, 0.2) is 5.82 Å². The summed E-state index contributed by atoms with van der Waals surface area (Å²) in [6, 6.07) is 15.5. The van der Waals surface area contributed by atoms with Crippen molar-refractivity contribution in [1.82, 2.24) is 30.2 Å². The van der Waals surface area contributed by atoms with Gasteiger partial charge in [-0.3, -0.25) is 24.5 Å². The lowest BCUT2D eigenvalue weighted by molar-refractivity contribution is -0.134. The number of carbonyl (C=O) groups is 2. The van der Waals surface area contributed by atoms with Gasteiger partial charge >= 0.3 is 0 Å². The lowest BCUT2D eigenvalue weighted by atomic mass is 9.83. The summed E-state index contributed by atoms with van der Waals surface area (Å²) >= 11 is 0. The van der Waals surface area contributed by atoms with E-state index < -0.39 is 17.9 Å². The third kappa shape index (κ3) is 6.59. The van der Waals surface area contributed by atoms with E-state index in [2.05, 4.69) is 20.6 Å². The maximum absolute atomic E-state index is 15.8. The summed E-state index contributed by atoms with van der Waals surface area (Å²) in [6.45, 7) is 0.294. The van der Waals surface area contributed by atoms with Gasteiger partial charge in [0.1, 0.15) is 11.8 Å². The van der Waals surface area contributed by atoms with Crippen molar-refractivity contribution in [2.75, 3.05) is 30.8 Å². The number of nitrogen functional groups attached to an aromatic ring is 1. The van der Waals surface area contributed by atoms with Gasteiger partial charge in [-0.05, 0) is 81.0 Å². The van der Waals surface area contributed by atoms with Crippen LogP contribution < -0.4 is 16.0 Å². The van der Waals surface area contributed by atoms with Crippen molar-refractivity contribution in [3.63, 3.8) is 0 Å². The number of nitrogens with one attached hydrogen (secondary N) is 1. The van der Waals surface area contributed by atoms with E-state index in [1.54, 1.807) is 60.6 Å². The molecule has 1 aliphatic carbocycles. The van der Waals surface area contributed by atoms with Crippen LogP contribution in [0.5, 0.6) is 5.75 Å². The molecule has 1 saturated carbocycles. The quantitative estimate of drug-likeness (QED) is 0.228. The number of benzene rings is 2. The molecular formula is C36H40F2N8O3. The first-order valence-corrected chi connectivity index (χ1v) is 16.8. The molecule has 4 N–H and O–H groups in total. The highest BCUT2D eigenvalue weighted by molar-refractivity contribution is 6.01. The fourth-order valence-corrected chi connectivity index (χ4v) is 7.70. The molecule has 7 rings (SSSR count). The largest absolute Gasteiger partial charge is 0.507 e. The van der Waals surface area contributed by atoms with Crippen molar-refractivity contribution < 1.29 is 23.5 Å². The molecule has 0 spiro atoms. The summed E-state index contributed by atoms with van der Waals surface area (Å²) in [5.41, 5.74) is 9.97. The lowest BCUT2D eigenvalue weighted by Crippen LogP contribution is -2.52. The molecule has 4 aromatic rings. The monoisotopic (exact) mass is 670 g/mol. The van der Waals surface area contributed by atoms with Crippen LogP contribution in [0.3, 0.4) is 0 Å². The number of piperidine rings is 2. The molecule has 2 amide bonds. The van der Waals surface area contributed by atoms with Crippen LogP contribution >= 0.6 is 0 Å². The Morgan fingerprint density at radius 3 is 2.49 bits per heavy atom. The highest BCUT2D eigenvalue weighted by atomic mass is 19.3. The Kier molecular flexibility index (Phi) is 8.78. The van der Waals surface area contributed by atoms with E-state index >= 15 is 8.78 Å². The standard InChI is InChI=1S/C36H40F2N8O3/c1-44(31-13-14-33(48)41-35(31)49)26-6-4-5-22(17-26)29-15-16-45(21-36(29,37)38)24-9-11-25(12-10-24)46-20-23(19-40-46)28-18-30(42-43-34(28)39)27-7-2-3-8-32(27)47/h2-8,17-20,24-25,29,31,47H,9-16,21H2,1H3,(H2,39,43)(H,41,48,49)/t24?,25?,29-,31+/m0/s1. The fourth-order valence-electron chi connectivity index (χ4n) is 7.70. The zero-order valence-corrected chi connectivity index (χ0v) is 27.3. The van der Waals surface area contributed by atoms with Crippen LogP contribution in [0.2, 0.25) is 0 Å². The molecule has 256 valence electrons. The molecule has 11 nitrogen and oxygen atoms in total. The van der Waals surface area contributed by atoms with E-state index in [0.29, 0.717) is 47.5 Å². The molecule has 2 aromatic heterocycles. The van der Waals surface area contributed by atoms with E-state index in [9.17, 15) is 14.7 Å². The number of amides is 2. The van der Waals surface area contributed by atoms with Crippen molar-refractivity contribution in [1.29, 1.82) is 0 Å². The van der Waals surface area contributed by atoms with Crippen molar-refractivity contribution in [3.8, 4) is 28.1 Å². The Bertz CT molecular complexity index is 1860. The van der Waals surface area contributed by atoms with Gasteiger partial charge in [-0.2, -0.15) is 5.10 Å². The minimum atomic E-state index is -2.91. The topological polar surface area (TPSA) is 142 Å². The van der Waals surface area contributed by atoms with Gasteiger partial charge in [0.05, 0.1) is 30.4 Å². The number of likely N-dealkylation sites (N-methyl/N-ethyl adjacent to an activating group) is 1. The minimum Gasteiger partial charge on any atom is -0.507 e. The normalized spacial score (nSPS) is 24.4. The number of imide groups is 1. The second kappa shape index (κ2) is 13.2. The zero-order chi connectivity index (χ0) is 34.3. The third-order valence-corrected chi connectivity index (χ3v) is 10.5. The van der Waals surface area contributed by atoms with E-state index in [1.807, 2.05) is 27.9 Å². The highest BCUT2D eigenvalue weighted by Gasteiger charge is 2.47. The van der Waals surface area contributed by atoms with E-state index in [4.69, 9.17) is 5.73 Å². The number of aromatic hydroxyl groups is 1. The number of phenols is 1. The average Bonchev–Trinajstić information content (AvgIpc) is 3.58. The molecule has 0 bridgehead atoms. The summed E-state index contributed by atoms with van der Waals surface area (Å²) in [7, 11) is 1.76. The van der Waals surface area contributed by atoms with Crippen LogP contribution in [0.15, 0.2) is 67.0 Å². The molecular weight excluding hydrogens is 630 g/mol. The Morgan fingerprint density at radius 2 is 1.73 bits per heavy atom. The lowest BCUT2D eigenvalue weighted by Gasteiger charge is -2.44. The predicted molar refractivity (Wildman–Crippen MR) is 181 cm³/mol. The molecule has 4 heterocycles. The molecule has 2 aliphatic heterocycles. The summed E-state index contributed by atoms with van der Waals surface area (Å²) in [5, 5.41) is 25.6. The van der Waals surface area contributed by atoms with Gasteiger partial charge < -0.3 is 15.7 Å². The number of carbonyl (C=O) groups excluding carboxylic acids is 2. The number of nitrogens with zero attached hydrogens (tertiary/aromatic N) is 6. The molecule has 2 aromatic carbocycles. The second-order valence-corrected chi connectivity index (χ2v) is 13.5. The first-order chi connectivity index (χ1) is 23.6. The van der Waals surface area contributed by atoms with Crippen molar-refractivity contribution >= 4 is 23.3 Å². The van der Waals surface area contributed by atoms with Crippen LogP contribution in [0, 0.1) is 0 Å². The Hall–Kier alpha value is -4.91. The van der Waals surface area contributed by atoms with Crippen LogP contribution in [0.25, 0.3) is 22.4 Å². The number of likely N-dealkylation sites (tertiary alicyclic amines) is 1. The number of alkyl halides is 2. The molecule has 0 radical (unpaired) electrons. The number of anilines is 2. The molecule has 49 heavy (non-hydrogen) atoms. The smallest absolute Gasteiger partial charge is 0.267 e. The van der Waals surface area contributed by atoms with Gasteiger partial charge in [0, 0.05) is 48.1 Å². The van der Waals surface area contributed by atoms with E-state index in [0.717, 1.165) is 31.2 Å². The summed E-state index contributed by atoms with van der Waals surface area (Å²) < 4.78 is 33.6. The number of para-hydroxylation sites is 1. The van der Waals surface area contributed by atoms with Gasteiger partial charge in [-0.25, -0.2) is 8.78 Å². The van der Waals surface area contributed by atoms with Gasteiger partial charge in [-0.15, -0.1) is 10.2 Å². The number of aromatic nitrogens is 4. The number of rotatable bonds is 7. The Labute approximate surface area is 283 Å². The Morgan fingerprint density at radius 1 is 0.959 bits per heavy atom. The van der Waals surface area contributed by atoms with Gasteiger partial charge in [0.2, 0.25) is 11.8 Å². The van der Waals surface area contributed by atoms with Crippen molar-refractivity contribution in [2.24, 2.45) is 0 Å². The van der Waals surface area contributed by atoms with Crippen LogP contribution in [-0.2, 0) is 9.59 Å².